The highest BCUT2D eigenvalue weighted by Gasteiger charge is 2.11. The highest BCUT2D eigenvalue weighted by Crippen LogP contribution is 2.06. The first kappa shape index (κ1) is 7.37. The van der Waals surface area contributed by atoms with Gasteiger partial charge < -0.3 is 9.47 Å². The molecule has 0 amide bonds. The lowest BCUT2D eigenvalue weighted by molar-refractivity contribution is 0.189. The van der Waals surface area contributed by atoms with Gasteiger partial charge >= 0.3 is 0 Å². The zero-order valence-electron chi connectivity index (χ0n) is 6.23. The minimum atomic E-state index is 0.680. The van der Waals surface area contributed by atoms with E-state index in [1.807, 2.05) is 0 Å². The normalized spacial score (nSPS) is 19.0. The molecule has 1 aliphatic heterocycles. The average Bonchev–Trinajstić information content (AvgIpc) is 2.04. The minimum Gasteiger partial charge on any atom is -0.496 e. The van der Waals surface area contributed by atoms with Gasteiger partial charge in [-0.1, -0.05) is 0 Å². The maximum atomic E-state index is 5.05. The van der Waals surface area contributed by atoms with Gasteiger partial charge in [0.05, 0.1) is 27.3 Å². The van der Waals surface area contributed by atoms with Gasteiger partial charge in [-0.3, -0.25) is 0 Å². The van der Waals surface area contributed by atoms with Crippen molar-refractivity contribution in [2.45, 2.75) is 0 Å². The molecule has 2 N–H and O–H groups in total. The Hall–Kier alpha value is -0.740. The van der Waals surface area contributed by atoms with E-state index in [9.17, 15) is 0 Å². The molecule has 1 rings (SSSR count). The Bertz CT molecular complexity index is 129. The van der Waals surface area contributed by atoms with Gasteiger partial charge in [-0.15, -0.1) is 0 Å². The third-order valence-corrected chi connectivity index (χ3v) is 1.43. The van der Waals surface area contributed by atoms with Gasteiger partial charge in [0.25, 0.3) is 0 Å². The van der Waals surface area contributed by atoms with E-state index in [0.29, 0.717) is 13.1 Å². The summed E-state index contributed by atoms with van der Waals surface area (Å²) < 4.78 is 10.1. The molecule has 0 aliphatic carbocycles. The molecule has 1 aliphatic rings. The van der Waals surface area contributed by atoms with Gasteiger partial charge in [-0.05, 0) is 0 Å². The summed E-state index contributed by atoms with van der Waals surface area (Å²) in [4.78, 5) is 0. The van der Waals surface area contributed by atoms with E-state index < -0.39 is 0 Å². The van der Waals surface area contributed by atoms with Crippen LogP contribution in [-0.2, 0) is 9.47 Å². The molecule has 0 saturated heterocycles. The maximum absolute atomic E-state index is 5.05. The predicted octanol–water partition coefficient (Wildman–Crippen LogP) is -0.401. The lowest BCUT2D eigenvalue weighted by Crippen LogP contribution is -2.40. The zero-order valence-corrected chi connectivity index (χ0v) is 6.23. The van der Waals surface area contributed by atoms with E-state index in [1.54, 1.807) is 14.2 Å². The fraction of sp³-hybridized carbons (Fsp3) is 0.667. The van der Waals surface area contributed by atoms with Crippen LogP contribution in [0.25, 0.3) is 0 Å². The van der Waals surface area contributed by atoms with Crippen molar-refractivity contribution < 1.29 is 9.47 Å². The Morgan fingerprint density at radius 3 is 1.70 bits per heavy atom. The molecular weight excluding hydrogens is 132 g/mol. The Balaban J connectivity index is 2.63. The van der Waals surface area contributed by atoms with Gasteiger partial charge in [-0.2, -0.15) is 0 Å². The Morgan fingerprint density at radius 1 is 1.00 bits per heavy atom. The largest absolute Gasteiger partial charge is 0.496 e. The predicted molar refractivity (Wildman–Crippen MR) is 37.0 cm³/mol. The first-order valence-electron chi connectivity index (χ1n) is 3.14. The molecule has 0 aromatic rings. The summed E-state index contributed by atoms with van der Waals surface area (Å²) in [6, 6.07) is 0. The molecular formula is C6H12N2O2. The fourth-order valence-corrected chi connectivity index (χ4v) is 0.855. The summed E-state index contributed by atoms with van der Waals surface area (Å²) in [6.07, 6.45) is 0. The van der Waals surface area contributed by atoms with Crippen LogP contribution in [0.1, 0.15) is 0 Å². The molecule has 0 unspecified atom stereocenters. The second-order valence-corrected chi connectivity index (χ2v) is 1.96. The van der Waals surface area contributed by atoms with Crippen LogP contribution < -0.4 is 10.9 Å². The number of hydrogen-bond acceptors (Lipinski definition) is 4. The summed E-state index contributed by atoms with van der Waals surface area (Å²) in [5.41, 5.74) is 5.87. The van der Waals surface area contributed by atoms with Crippen LogP contribution >= 0.6 is 0 Å². The van der Waals surface area contributed by atoms with E-state index >= 15 is 0 Å². The minimum absolute atomic E-state index is 0.680. The molecule has 0 bridgehead atoms. The van der Waals surface area contributed by atoms with Gasteiger partial charge in [0, 0.05) is 0 Å². The third kappa shape index (κ3) is 1.40. The van der Waals surface area contributed by atoms with Crippen LogP contribution in [0.5, 0.6) is 0 Å². The second kappa shape index (κ2) is 3.43. The molecule has 0 aromatic carbocycles. The first-order valence-corrected chi connectivity index (χ1v) is 3.14. The van der Waals surface area contributed by atoms with E-state index in [-0.39, 0.29) is 0 Å². The van der Waals surface area contributed by atoms with E-state index in [1.165, 1.54) is 0 Å². The van der Waals surface area contributed by atoms with Crippen LogP contribution in [0.2, 0.25) is 0 Å². The summed E-state index contributed by atoms with van der Waals surface area (Å²) in [6.45, 7) is 1.36. The molecule has 0 aromatic heterocycles. The van der Waals surface area contributed by atoms with Crippen molar-refractivity contribution >= 4 is 0 Å². The van der Waals surface area contributed by atoms with Gasteiger partial charge in [0.15, 0.2) is 0 Å². The van der Waals surface area contributed by atoms with Gasteiger partial charge in [-0.25, -0.2) is 10.9 Å². The monoisotopic (exact) mass is 144 g/mol. The maximum Gasteiger partial charge on any atom is 0.150 e. The van der Waals surface area contributed by atoms with Crippen molar-refractivity contribution in [3.63, 3.8) is 0 Å². The van der Waals surface area contributed by atoms with E-state index in [2.05, 4.69) is 10.9 Å². The summed E-state index contributed by atoms with van der Waals surface area (Å²) in [5, 5.41) is 0. The number of hydrazine groups is 1. The van der Waals surface area contributed by atoms with Crippen LogP contribution in [0, 0.1) is 0 Å². The van der Waals surface area contributed by atoms with Crippen LogP contribution in [0.3, 0.4) is 0 Å². The molecule has 0 fully saturated rings. The quantitative estimate of drug-likeness (QED) is 0.553. The van der Waals surface area contributed by atoms with Crippen LogP contribution in [0.4, 0.5) is 0 Å². The smallest absolute Gasteiger partial charge is 0.150 e. The second-order valence-electron chi connectivity index (χ2n) is 1.96. The van der Waals surface area contributed by atoms with Gasteiger partial charge in [0.2, 0.25) is 0 Å². The summed E-state index contributed by atoms with van der Waals surface area (Å²) >= 11 is 0. The highest BCUT2D eigenvalue weighted by atomic mass is 16.5. The Kier molecular flexibility index (Phi) is 2.53. The Labute approximate surface area is 60.2 Å². The van der Waals surface area contributed by atoms with E-state index in [0.717, 1.165) is 11.5 Å². The molecule has 1 heterocycles. The molecule has 0 spiro atoms. The van der Waals surface area contributed by atoms with Gasteiger partial charge in [0.1, 0.15) is 11.5 Å². The lowest BCUT2D eigenvalue weighted by atomic mass is 10.3. The number of hydrogen-bond donors (Lipinski definition) is 2. The highest BCUT2D eigenvalue weighted by molar-refractivity contribution is 5.07. The lowest BCUT2D eigenvalue weighted by Gasteiger charge is -2.19. The molecule has 0 atom stereocenters. The van der Waals surface area contributed by atoms with Crippen molar-refractivity contribution in [2.75, 3.05) is 27.3 Å². The molecule has 4 heteroatoms. The average molecular weight is 144 g/mol. The van der Waals surface area contributed by atoms with Crippen molar-refractivity contribution in [1.29, 1.82) is 0 Å². The third-order valence-electron chi connectivity index (χ3n) is 1.43. The molecule has 0 radical (unpaired) electrons. The SMILES string of the molecule is COC1=C(OC)CNNC1. The number of methoxy groups -OCH3 is 2. The number of ether oxygens (including phenoxy) is 2. The topological polar surface area (TPSA) is 42.5 Å². The summed E-state index contributed by atoms with van der Waals surface area (Å²) in [5.74, 6) is 1.72. The Morgan fingerprint density at radius 2 is 1.40 bits per heavy atom. The van der Waals surface area contributed by atoms with Crippen LogP contribution in [-0.4, -0.2) is 27.3 Å². The molecule has 4 nitrogen and oxygen atoms in total. The molecule has 58 valence electrons. The number of nitrogens with one attached hydrogen (secondary N) is 2. The molecule has 10 heavy (non-hydrogen) atoms. The van der Waals surface area contributed by atoms with Crippen molar-refractivity contribution in [2.24, 2.45) is 0 Å². The zero-order chi connectivity index (χ0) is 7.40. The summed E-state index contributed by atoms with van der Waals surface area (Å²) in [7, 11) is 3.28. The van der Waals surface area contributed by atoms with E-state index in [4.69, 9.17) is 9.47 Å². The first-order chi connectivity index (χ1) is 4.88. The van der Waals surface area contributed by atoms with Crippen LogP contribution in [0.15, 0.2) is 11.5 Å². The molecule has 0 saturated carbocycles. The standard InChI is InChI=1S/C6H12N2O2/c1-9-5-3-7-8-4-6(5)10-2/h7-8H,3-4H2,1-2H3. The van der Waals surface area contributed by atoms with Crippen molar-refractivity contribution in [1.82, 2.24) is 10.9 Å². The number of rotatable bonds is 2. The fourth-order valence-electron chi connectivity index (χ4n) is 0.855. The van der Waals surface area contributed by atoms with Crippen molar-refractivity contribution in [3.05, 3.63) is 11.5 Å². The van der Waals surface area contributed by atoms with Crippen molar-refractivity contribution in [3.8, 4) is 0 Å².